The minimum absolute atomic E-state index is 0.124. The van der Waals surface area contributed by atoms with Gasteiger partial charge in [0.1, 0.15) is 5.69 Å². The topological polar surface area (TPSA) is 46.1 Å². The normalized spacial score (nSPS) is 10.3. The van der Waals surface area contributed by atoms with Gasteiger partial charge >= 0.3 is 0 Å². The molecule has 98 valence electrons. The summed E-state index contributed by atoms with van der Waals surface area (Å²) in [4.78, 5) is 22.1. The first-order valence-electron chi connectivity index (χ1n) is 6.28. The monoisotopic (exact) mass is 255 g/mol. The summed E-state index contributed by atoms with van der Waals surface area (Å²) in [6.45, 7) is 6.60. The lowest BCUT2D eigenvalue weighted by molar-refractivity contribution is 0.0983. The molecule has 0 bridgehead atoms. The van der Waals surface area contributed by atoms with Crippen LogP contribution < -0.4 is 4.90 Å². The lowest BCUT2D eigenvalue weighted by Gasteiger charge is -2.21. The highest BCUT2D eigenvalue weighted by Gasteiger charge is 2.17. The molecule has 2 aromatic rings. The van der Waals surface area contributed by atoms with Crippen LogP contribution in [0.5, 0.6) is 0 Å². The number of anilines is 1. The first-order valence-corrected chi connectivity index (χ1v) is 6.28. The fraction of sp³-hybridized carbons (Fsp3) is 0.267. The maximum atomic E-state index is 12.4. The molecule has 4 nitrogen and oxygen atoms in total. The molecule has 0 atom stereocenters. The molecule has 1 aromatic heterocycles. The van der Waals surface area contributed by atoms with E-state index < -0.39 is 0 Å². The van der Waals surface area contributed by atoms with E-state index in [9.17, 15) is 4.79 Å². The molecule has 1 aromatic carbocycles. The Morgan fingerprint density at radius 3 is 2.37 bits per heavy atom. The van der Waals surface area contributed by atoms with E-state index in [0.717, 1.165) is 16.8 Å². The fourth-order valence-electron chi connectivity index (χ4n) is 2.10. The number of carbonyl (C=O) groups excluding carboxylic acids is 1. The third-order valence-electron chi connectivity index (χ3n) is 2.86. The van der Waals surface area contributed by atoms with Crippen molar-refractivity contribution in [2.24, 2.45) is 0 Å². The summed E-state index contributed by atoms with van der Waals surface area (Å²) in [6.07, 6.45) is 4.58. The molecule has 0 spiro atoms. The molecule has 1 amide bonds. The second kappa shape index (κ2) is 5.61. The van der Waals surface area contributed by atoms with Crippen LogP contribution in [0.15, 0.2) is 36.8 Å². The quantitative estimate of drug-likeness (QED) is 0.847. The van der Waals surface area contributed by atoms with Crippen LogP contribution in [0.25, 0.3) is 0 Å². The van der Waals surface area contributed by atoms with E-state index in [0.29, 0.717) is 12.2 Å². The van der Waals surface area contributed by atoms with E-state index in [1.165, 1.54) is 12.4 Å². The smallest absolute Gasteiger partial charge is 0.278 e. The predicted octanol–water partition coefficient (Wildman–Crippen LogP) is 2.76. The van der Waals surface area contributed by atoms with Gasteiger partial charge in [-0.3, -0.25) is 9.78 Å². The highest BCUT2D eigenvalue weighted by Crippen LogP contribution is 2.20. The van der Waals surface area contributed by atoms with Gasteiger partial charge in [0.25, 0.3) is 5.91 Å². The molecular weight excluding hydrogens is 238 g/mol. The summed E-state index contributed by atoms with van der Waals surface area (Å²) in [5, 5.41) is 0. The molecule has 1 heterocycles. The zero-order valence-corrected chi connectivity index (χ0v) is 11.4. The first-order chi connectivity index (χ1) is 9.11. The number of hydrogen-bond donors (Lipinski definition) is 0. The standard InChI is InChI=1S/C15H17N3O/c1-4-18(13-8-11(2)7-12(3)9-13)15(19)14-10-16-5-6-17-14/h5-10H,4H2,1-3H3. The van der Waals surface area contributed by atoms with Crippen molar-refractivity contribution in [2.75, 3.05) is 11.4 Å². The van der Waals surface area contributed by atoms with Gasteiger partial charge in [-0.1, -0.05) is 6.07 Å². The van der Waals surface area contributed by atoms with Gasteiger partial charge in [-0.15, -0.1) is 0 Å². The van der Waals surface area contributed by atoms with Crippen LogP contribution in [-0.4, -0.2) is 22.4 Å². The fourth-order valence-corrected chi connectivity index (χ4v) is 2.10. The summed E-state index contributed by atoms with van der Waals surface area (Å²) >= 11 is 0. The Morgan fingerprint density at radius 1 is 1.16 bits per heavy atom. The Morgan fingerprint density at radius 2 is 1.84 bits per heavy atom. The molecule has 0 aliphatic rings. The average Bonchev–Trinajstić information content (AvgIpc) is 2.39. The van der Waals surface area contributed by atoms with E-state index in [4.69, 9.17) is 0 Å². The minimum Gasteiger partial charge on any atom is -0.307 e. The third-order valence-corrected chi connectivity index (χ3v) is 2.86. The highest BCUT2D eigenvalue weighted by molar-refractivity contribution is 6.04. The summed E-state index contributed by atoms with van der Waals surface area (Å²) in [5.74, 6) is -0.124. The number of aryl methyl sites for hydroxylation is 2. The van der Waals surface area contributed by atoms with Crippen molar-refractivity contribution in [3.05, 3.63) is 53.6 Å². The van der Waals surface area contributed by atoms with E-state index >= 15 is 0 Å². The molecule has 0 fully saturated rings. The number of hydrogen-bond acceptors (Lipinski definition) is 3. The van der Waals surface area contributed by atoms with Gasteiger partial charge in [0, 0.05) is 24.6 Å². The van der Waals surface area contributed by atoms with E-state index in [-0.39, 0.29) is 5.91 Å². The Kier molecular flexibility index (Phi) is 3.90. The molecule has 4 heteroatoms. The van der Waals surface area contributed by atoms with Crippen LogP contribution in [-0.2, 0) is 0 Å². The predicted molar refractivity (Wildman–Crippen MR) is 75.3 cm³/mol. The van der Waals surface area contributed by atoms with Crippen molar-refractivity contribution in [1.29, 1.82) is 0 Å². The largest absolute Gasteiger partial charge is 0.307 e. The van der Waals surface area contributed by atoms with Crippen LogP contribution in [0.1, 0.15) is 28.5 Å². The molecule has 0 aliphatic heterocycles. The zero-order chi connectivity index (χ0) is 13.8. The summed E-state index contributed by atoms with van der Waals surface area (Å²) in [5.41, 5.74) is 3.54. The SMILES string of the molecule is CCN(C(=O)c1cnccn1)c1cc(C)cc(C)c1. The summed E-state index contributed by atoms with van der Waals surface area (Å²) < 4.78 is 0. The molecule has 0 radical (unpaired) electrons. The molecule has 0 aliphatic carbocycles. The van der Waals surface area contributed by atoms with Crippen LogP contribution >= 0.6 is 0 Å². The maximum Gasteiger partial charge on any atom is 0.278 e. The first kappa shape index (κ1) is 13.2. The second-order valence-electron chi connectivity index (χ2n) is 4.49. The van der Waals surface area contributed by atoms with E-state index in [2.05, 4.69) is 16.0 Å². The molecule has 0 N–H and O–H groups in total. The maximum absolute atomic E-state index is 12.4. The lowest BCUT2D eigenvalue weighted by Crippen LogP contribution is -2.31. The van der Waals surface area contributed by atoms with Gasteiger partial charge in [0.2, 0.25) is 0 Å². The number of carbonyl (C=O) groups is 1. The van der Waals surface area contributed by atoms with Crippen molar-refractivity contribution in [3.63, 3.8) is 0 Å². The number of aromatic nitrogens is 2. The molecule has 0 saturated carbocycles. The Labute approximate surface area is 113 Å². The van der Waals surface area contributed by atoms with Crippen LogP contribution in [0.2, 0.25) is 0 Å². The molecule has 2 rings (SSSR count). The van der Waals surface area contributed by atoms with Gasteiger partial charge < -0.3 is 4.90 Å². The minimum atomic E-state index is -0.124. The second-order valence-corrected chi connectivity index (χ2v) is 4.49. The third kappa shape index (κ3) is 2.96. The van der Waals surface area contributed by atoms with Gasteiger partial charge in [0.15, 0.2) is 0 Å². The average molecular weight is 255 g/mol. The van der Waals surface area contributed by atoms with E-state index in [1.54, 1.807) is 11.1 Å². The highest BCUT2D eigenvalue weighted by atomic mass is 16.2. The van der Waals surface area contributed by atoms with Crippen molar-refractivity contribution in [2.45, 2.75) is 20.8 Å². The zero-order valence-electron chi connectivity index (χ0n) is 11.4. The summed E-state index contributed by atoms with van der Waals surface area (Å²) in [7, 11) is 0. The van der Waals surface area contributed by atoms with Crippen LogP contribution in [0.3, 0.4) is 0 Å². The van der Waals surface area contributed by atoms with Gasteiger partial charge in [-0.2, -0.15) is 0 Å². The van der Waals surface area contributed by atoms with Crippen molar-refractivity contribution in [1.82, 2.24) is 9.97 Å². The summed E-state index contributed by atoms with van der Waals surface area (Å²) in [6, 6.07) is 6.10. The lowest BCUT2D eigenvalue weighted by atomic mass is 10.1. The van der Waals surface area contributed by atoms with Gasteiger partial charge in [-0.25, -0.2) is 4.98 Å². The Hall–Kier alpha value is -2.23. The van der Waals surface area contributed by atoms with Gasteiger partial charge in [0.05, 0.1) is 6.20 Å². The molecule has 19 heavy (non-hydrogen) atoms. The Bertz CT molecular complexity index is 561. The van der Waals surface area contributed by atoms with Crippen LogP contribution in [0, 0.1) is 13.8 Å². The number of amides is 1. The van der Waals surface area contributed by atoms with Crippen molar-refractivity contribution in [3.8, 4) is 0 Å². The Balaban J connectivity index is 2.37. The number of rotatable bonds is 3. The van der Waals surface area contributed by atoms with E-state index in [1.807, 2.05) is 32.9 Å². The number of benzene rings is 1. The van der Waals surface area contributed by atoms with Crippen LogP contribution in [0.4, 0.5) is 5.69 Å². The van der Waals surface area contributed by atoms with Crippen molar-refractivity contribution < 1.29 is 4.79 Å². The number of nitrogens with zero attached hydrogens (tertiary/aromatic N) is 3. The molecule has 0 unspecified atom stereocenters. The van der Waals surface area contributed by atoms with Gasteiger partial charge in [-0.05, 0) is 44.0 Å². The molecule has 0 saturated heterocycles. The van der Waals surface area contributed by atoms with Crippen molar-refractivity contribution >= 4 is 11.6 Å². The molecular formula is C15H17N3O.